The first kappa shape index (κ1) is 11.7. The quantitative estimate of drug-likeness (QED) is 0.733. The van der Waals surface area contributed by atoms with Gasteiger partial charge in [0.2, 0.25) is 0 Å². The molecule has 0 bridgehead atoms. The van der Waals surface area contributed by atoms with Gasteiger partial charge in [0.05, 0.1) is 12.2 Å². The van der Waals surface area contributed by atoms with E-state index in [0.717, 1.165) is 5.92 Å². The Kier molecular flexibility index (Phi) is 4.00. The van der Waals surface area contributed by atoms with E-state index in [1.165, 1.54) is 31.2 Å². The Labute approximate surface area is 98.8 Å². The van der Waals surface area contributed by atoms with Crippen molar-refractivity contribution < 1.29 is 4.74 Å². The van der Waals surface area contributed by atoms with Crippen LogP contribution in [-0.4, -0.2) is 6.10 Å². The summed E-state index contributed by atoms with van der Waals surface area (Å²) < 4.78 is 6.19. The third-order valence-electron chi connectivity index (χ3n) is 3.68. The van der Waals surface area contributed by atoms with Gasteiger partial charge in [0, 0.05) is 0 Å². The maximum absolute atomic E-state index is 6.19. The molecule has 1 aromatic carbocycles. The predicted octanol–water partition coefficient (Wildman–Crippen LogP) is 4.34. The van der Waals surface area contributed by atoms with Crippen molar-refractivity contribution in [3.8, 4) is 0 Å². The van der Waals surface area contributed by atoms with E-state index in [0.29, 0.717) is 6.10 Å². The van der Waals surface area contributed by atoms with Crippen LogP contribution in [0.25, 0.3) is 0 Å². The lowest BCUT2D eigenvalue weighted by Crippen LogP contribution is -2.26. The van der Waals surface area contributed by atoms with Crippen molar-refractivity contribution in [2.45, 2.75) is 51.7 Å². The van der Waals surface area contributed by atoms with Gasteiger partial charge in [-0.25, -0.2) is 0 Å². The zero-order valence-electron chi connectivity index (χ0n) is 10.4. The number of hydrogen-bond acceptors (Lipinski definition) is 1. The highest BCUT2D eigenvalue weighted by atomic mass is 16.5. The van der Waals surface area contributed by atoms with Crippen molar-refractivity contribution in [3.63, 3.8) is 0 Å². The first-order chi connectivity index (χ1) is 7.77. The third kappa shape index (κ3) is 2.85. The summed E-state index contributed by atoms with van der Waals surface area (Å²) in [6, 6.07) is 10.5. The molecule has 0 aromatic heterocycles. The highest BCUT2D eigenvalue weighted by Gasteiger charge is 2.23. The molecule has 1 saturated carbocycles. The van der Waals surface area contributed by atoms with Crippen LogP contribution in [0.3, 0.4) is 0 Å². The zero-order chi connectivity index (χ0) is 11.4. The van der Waals surface area contributed by atoms with Crippen LogP contribution in [0.15, 0.2) is 30.3 Å². The first-order valence-corrected chi connectivity index (χ1v) is 6.48. The number of benzene rings is 1. The van der Waals surface area contributed by atoms with Crippen molar-refractivity contribution >= 4 is 0 Å². The highest BCUT2D eigenvalue weighted by molar-refractivity contribution is 5.16. The van der Waals surface area contributed by atoms with E-state index in [1.807, 2.05) is 0 Å². The minimum atomic E-state index is 0.228. The highest BCUT2D eigenvalue weighted by Crippen LogP contribution is 2.30. The van der Waals surface area contributed by atoms with E-state index in [-0.39, 0.29) is 6.10 Å². The van der Waals surface area contributed by atoms with Crippen LogP contribution in [-0.2, 0) is 4.74 Å². The predicted molar refractivity (Wildman–Crippen MR) is 67.4 cm³/mol. The van der Waals surface area contributed by atoms with Gasteiger partial charge in [0.25, 0.3) is 0 Å². The molecule has 0 saturated heterocycles. The average molecular weight is 218 g/mol. The fourth-order valence-corrected chi connectivity index (χ4v) is 2.55. The van der Waals surface area contributed by atoms with E-state index in [1.54, 1.807) is 0 Å². The molecule has 1 fully saturated rings. The summed E-state index contributed by atoms with van der Waals surface area (Å²) in [4.78, 5) is 0. The van der Waals surface area contributed by atoms with E-state index in [9.17, 15) is 0 Å². The standard InChI is InChI=1S/C15H22O/c1-12-8-6-7-11-15(12)16-13(2)14-9-4-3-5-10-14/h3-5,9-10,12-13,15H,6-8,11H2,1-2H3/t12-,13?,15+/m1/s1. The molecule has 0 N–H and O–H groups in total. The Bertz CT molecular complexity index is 306. The van der Waals surface area contributed by atoms with Crippen LogP contribution in [0.1, 0.15) is 51.2 Å². The van der Waals surface area contributed by atoms with Gasteiger partial charge in [0.1, 0.15) is 0 Å². The van der Waals surface area contributed by atoms with Gasteiger partial charge in [-0.2, -0.15) is 0 Å². The van der Waals surface area contributed by atoms with Crippen LogP contribution in [0.5, 0.6) is 0 Å². The lowest BCUT2D eigenvalue weighted by Gasteiger charge is -2.31. The topological polar surface area (TPSA) is 9.23 Å². The number of rotatable bonds is 3. The largest absolute Gasteiger partial charge is 0.370 e. The van der Waals surface area contributed by atoms with Crippen LogP contribution >= 0.6 is 0 Å². The minimum Gasteiger partial charge on any atom is -0.370 e. The fraction of sp³-hybridized carbons (Fsp3) is 0.600. The molecule has 3 atom stereocenters. The van der Waals surface area contributed by atoms with Gasteiger partial charge in [-0.05, 0) is 31.2 Å². The van der Waals surface area contributed by atoms with Crippen molar-refractivity contribution in [2.75, 3.05) is 0 Å². The molecule has 0 aliphatic heterocycles. The lowest BCUT2D eigenvalue weighted by molar-refractivity contribution is -0.0494. The zero-order valence-corrected chi connectivity index (χ0v) is 10.4. The van der Waals surface area contributed by atoms with Crippen molar-refractivity contribution in [2.24, 2.45) is 5.92 Å². The Morgan fingerprint density at radius 2 is 1.81 bits per heavy atom. The van der Waals surface area contributed by atoms with E-state index >= 15 is 0 Å². The third-order valence-corrected chi connectivity index (χ3v) is 3.68. The molecule has 1 aromatic rings. The molecular formula is C15H22O. The normalized spacial score (nSPS) is 27.6. The Balaban J connectivity index is 1.94. The van der Waals surface area contributed by atoms with Gasteiger partial charge >= 0.3 is 0 Å². The summed E-state index contributed by atoms with van der Waals surface area (Å²) in [5.74, 6) is 0.722. The molecule has 0 amide bonds. The Morgan fingerprint density at radius 3 is 2.50 bits per heavy atom. The molecule has 0 spiro atoms. The van der Waals surface area contributed by atoms with Gasteiger partial charge in [-0.3, -0.25) is 0 Å². The van der Waals surface area contributed by atoms with Gasteiger partial charge < -0.3 is 4.74 Å². The summed E-state index contributed by atoms with van der Waals surface area (Å²) in [5, 5.41) is 0. The SMILES string of the molecule is CC(O[C@H]1CCCC[C@H]1C)c1ccccc1. The number of ether oxygens (including phenoxy) is 1. The van der Waals surface area contributed by atoms with E-state index in [4.69, 9.17) is 4.74 Å². The maximum Gasteiger partial charge on any atom is 0.0800 e. The smallest absolute Gasteiger partial charge is 0.0800 e. The molecule has 1 heteroatoms. The lowest BCUT2D eigenvalue weighted by atomic mass is 9.88. The average Bonchev–Trinajstić information content (AvgIpc) is 2.33. The van der Waals surface area contributed by atoms with Crippen LogP contribution in [0, 0.1) is 5.92 Å². The summed E-state index contributed by atoms with van der Waals surface area (Å²) in [6.07, 6.45) is 5.96. The minimum absolute atomic E-state index is 0.228. The van der Waals surface area contributed by atoms with Gasteiger partial charge in [-0.1, -0.05) is 50.1 Å². The molecule has 88 valence electrons. The second-order valence-corrected chi connectivity index (χ2v) is 4.99. The van der Waals surface area contributed by atoms with Gasteiger partial charge in [-0.15, -0.1) is 0 Å². The van der Waals surface area contributed by atoms with Crippen molar-refractivity contribution in [3.05, 3.63) is 35.9 Å². The second kappa shape index (κ2) is 5.49. The summed E-state index contributed by atoms with van der Waals surface area (Å²) in [5.41, 5.74) is 1.29. The molecule has 16 heavy (non-hydrogen) atoms. The van der Waals surface area contributed by atoms with Crippen LogP contribution in [0.4, 0.5) is 0 Å². The van der Waals surface area contributed by atoms with Crippen molar-refractivity contribution in [1.82, 2.24) is 0 Å². The van der Waals surface area contributed by atoms with E-state index in [2.05, 4.69) is 44.2 Å². The summed E-state index contributed by atoms with van der Waals surface area (Å²) >= 11 is 0. The molecule has 2 rings (SSSR count). The van der Waals surface area contributed by atoms with E-state index < -0.39 is 0 Å². The molecule has 0 radical (unpaired) electrons. The van der Waals surface area contributed by atoms with Crippen LogP contribution in [0.2, 0.25) is 0 Å². The Hall–Kier alpha value is -0.820. The first-order valence-electron chi connectivity index (χ1n) is 6.48. The molecule has 1 unspecified atom stereocenters. The summed E-state index contributed by atoms with van der Waals surface area (Å²) in [6.45, 7) is 4.48. The fourth-order valence-electron chi connectivity index (χ4n) is 2.55. The molecule has 1 aliphatic carbocycles. The van der Waals surface area contributed by atoms with Crippen molar-refractivity contribution in [1.29, 1.82) is 0 Å². The monoisotopic (exact) mass is 218 g/mol. The van der Waals surface area contributed by atoms with Crippen LogP contribution < -0.4 is 0 Å². The molecular weight excluding hydrogens is 196 g/mol. The summed E-state index contributed by atoms with van der Waals surface area (Å²) in [7, 11) is 0. The second-order valence-electron chi connectivity index (χ2n) is 4.99. The number of hydrogen-bond donors (Lipinski definition) is 0. The maximum atomic E-state index is 6.19. The molecule has 1 nitrogen and oxygen atoms in total. The molecule has 1 aliphatic rings. The van der Waals surface area contributed by atoms with Gasteiger partial charge in [0.15, 0.2) is 0 Å². The Morgan fingerprint density at radius 1 is 1.12 bits per heavy atom. The molecule has 0 heterocycles.